The molecule has 0 aromatic heterocycles. The van der Waals surface area contributed by atoms with Crippen molar-refractivity contribution in [2.75, 3.05) is 19.7 Å². The quantitative estimate of drug-likeness (QED) is 0.867. The van der Waals surface area contributed by atoms with Crippen LogP contribution in [0.15, 0.2) is 59.5 Å². The first kappa shape index (κ1) is 14.6. The van der Waals surface area contributed by atoms with Crippen molar-refractivity contribution in [3.8, 4) is 0 Å². The summed E-state index contributed by atoms with van der Waals surface area (Å²) < 4.78 is 6.02. The molecule has 1 aliphatic rings. The molecule has 0 bridgehead atoms. The average Bonchev–Trinajstić information content (AvgIpc) is 2.56. The minimum absolute atomic E-state index is 0.214. The highest BCUT2D eigenvalue weighted by molar-refractivity contribution is 7.99. The van der Waals surface area contributed by atoms with Crippen LogP contribution in [-0.2, 0) is 4.74 Å². The maximum Gasteiger partial charge on any atom is 0.0862 e. The van der Waals surface area contributed by atoms with E-state index in [-0.39, 0.29) is 6.10 Å². The Kier molecular flexibility index (Phi) is 4.96. The van der Waals surface area contributed by atoms with Crippen LogP contribution < -0.4 is 5.32 Å². The minimum atomic E-state index is 0.214. The van der Waals surface area contributed by atoms with E-state index in [1.165, 1.54) is 16.0 Å². The van der Waals surface area contributed by atoms with Gasteiger partial charge in [0.2, 0.25) is 0 Å². The lowest BCUT2D eigenvalue weighted by Gasteiger charge is -2.31. The second kappa shape index (κ2) is 7.12. The molecule has 2 atom stereocenters. The van der Waals surface area contributed by atoms with Gasteiger partial charge in [-0.1, -0.05) is 48.5 Å². The van der Waals surface area contributed by atoms with E-state index in [4.69, 9.17) is 4.74 Å². The number of morpholine rings is 1. The van der Waals surface area contributed by atoms with Crippen molar-refractivity contribution in [1.29, 1.82) is 0 Å². The van der Waals surface area contributed by atoms with Crippen LogP contribution in [0.5, 0.6) is 0 Å². The Bertz CT molecular complexity index is 566. The zero-order valence-electron chi connectivity index (χ0n) is 12.3. The molecule has 1 heterocycles. The summed E-state index contributed by atoms with van der Waals surface area (Å²) in [7, 11) is 0. The highest BCUT2D eigenvalue weighted by atomic mass is 32.2. The molecule has 21 heavy (non-hydrogen) atoms. The van der Waals surface area contributed by atoms with E-state index in [9.17, 15) is 0 Å². The topological polar surface area (TPSA) is 21.3 Å². The smallest absolute Gasteiger partial charge is 0.0862 e. The Hall–Kier alpha value is -1.29. The second-order valence-corrected chi connectivity index (χ2v) is 6.51. The Balaban J connectivity index is 1.87. The first-order valence-electron chi connectivity index (χ1n) is 7.44. The van der Waals surface area contributed by atoms with Gasteiger partial charge >= 0.3 is 0 Å². The summed E-state index contributed by atoms with van der Waals surface area (Å²) in [5, 5.41) is 3.77. The summed E-state index contributed by atoms with van der Waals surface area (Å²) in [5.74, 6) is 0. The van der Waals surface area contributed by atoms with Crippen LogP contribution in [0.1, 0.15) is 16.4 Å². The van der Waals surface area contributed by atoms with Crippen LogP contribution in [0.2, 0.25) is 0 Å². The molecule has 0 radical (unpaired) electrons. The van der Waals surface area contributed by atoms with Crippen molar-refractivity contribution in [1.82, 2.24) is 5.32 Å². The van der Waals surface area contributed by atoms with Gasteiger partial charge in [0.05, 0.1) is 18.0 Å². The predicted molar refractivity (Wildman–Crippen MR) is 88.8 cm³/mol. The van der Waals surface area contributed by atoms with Gasteiger partial charge in [0.1, 0.15) is 0 Å². The molecule has 1 saturated heterocycles. The van der Waals surface area contributed by atoms with E-state index >= 15 is 0 Å². The van der Waals surface area contributed by atoms with Gasteiger partial charge in [-0.15, -0.1) is 11.8 Å². The van der Waals surface area contributed by atoms with E-state index < -0.39 is 0 Å². The number of benzene rings is 2. The molecule has 0 saturated carbocycles. The van der Waals surface area contributed by atoms with Crippen molar-refractivity contribution >= 4 is 11.8 Å². The molecule has 3 heteroatoms. The fourth-order valence-electron chi connectivity index (χ4n) is 2.61. The lowest BCUT2D eigenvalue weighted by atomic mass is 10.1. The highest BCUT2D eigenvalue weighted by Crippen LogP contribution is 2.40. The number of ether oxygens (including phenoxy) is 1. The Morgan fingerprint density at radius 2 is 1.86 bits per heavy atom. The number of nitrogens with one attached hydrogen (secondary N) is 1. The predicted octanol–water partition coefficient (Wildman–Crippen LogP) is 3.82. The van der Waals surface area contributed by atoms with E-state index in [1.54, 1.807) is 0 Å². The summed E-state index contributed by atoms with van der Waals surface area (Å²) in [6.07, 6.45) is 0.214. The number of hydrogen-bond donors (Lipinski definition) is 1. The first-order chi connectivity index (χ1) is 10.3. The Morgan fingerprint density at radius 3 is 2.57 bits per heavy atom. The molecule has 1 fully saturated rings. The summed E-state index contributed by atoms with van der Waals surface area (Å²) in [4.78, 5) is 1.33. The maximum atomic E-state index is 6.02. The van der Waals surface area contributed by atoms with Crippen molar-refractivity contribution < 1.29 is 4.74 Å². The van der Waals surface area contributed by atoms with Crippen molar-refractivity contribution in [2.45, 2.75) is 23.2 Å². The molecule has 1 N–H and O–H groups in total. The summed E-state index contributed by atoms with van der Waals surface area (Å²) in [5.41, 5.74) is 2.66. The number of rotatable bonds is 4. The molecule has 110 valence electrons. The third kappa shape index (κ3) is 3.67. The SMILES string of the molecule is Cc1ccccc1S[C@H](c1ccccc1)[C@H]1CNCCO1. The maximum absolute atomic E-state index is 6.02. The Morgan fingerprint density at radius 1 is 1.10 bits per heavy atom. The van der Waals surface area contributed by atoms with Gasteiger partial charge in [0.25, 0.3) is 0 Å². The number of hydrogen-bond acceptors (Lipinski definition) is 3. The lowest BCUT2D eigenvalue weighted by molar-refractivity contribution is 0.0273. The fourth-order valence-corrected chi connectivity index (χ4v) is 3.91. The summed E-state index contributed by atoms with van der Waals surface area (Å²) in [6, 6.07) is 19.3. The van der Waals surface area contributed by atoms with Gasteiger partial charge in [0.15, 0.2) is 0 Å². The van der Waals surface area contributed by atoms with E-state index in [1.807, 2.05) is 11.8 Å². The van der Waals surface area contributed by atoms with E-state index in [0.29, 0.717) is 5.25 Å². The number of aryl methyl sites for hydroxylation is 1. The molecule has 0 spiro atoms. The zero-order chi connectivity index (χ0) is 14.5. The van der Waals surface area contributed by atoms with Crippen molar-refractivity contribution in [2.24, 2.45) is 0 Å². The third-order valence-electron chi connectivity index (χ3n) is 3.77. The van der Waals surface area contributed by atoms with Crippen LogP contribution in [0.3, 0.4) is 0 Å². The molecule has 2 aromatic rings. The van der Waals surface area contributed by atoms with Gasteiger partial charge in [-0.25, -0.2) is 0 Å². The van der Waals surface area contributed by atoms with E-state index in [0.717, 1.165) is 19.7 Å². The Labute approximate surface area is 130 Å². The lowest BCUT2D eigenvalue weighted by Crippen LogP contribution is -2.41. The number of thioether (sulfide) groups is 1. The molecule has 1 aliphatic heterocycles. The first-order valence-corrected chi connectivity index (χ1v) is 8.32. The summed E-state index contributed by atoms with van der Waals surface area (Å²) >= 11 is 1.91. The second-order valence-electron chi connectivity index (χ2n) is 5.33. The van der Waals surface area contributed by atoms with Crippen molar-refractivity contribution in [3.63, 3.8) is 0 Å². The van der Waals surface area contributed by atoms with Crippen LogP contribution in [0, 0.1) is 6.92 Å². The molecular weight excluding hydrogens is 278 g/mol. The molecule has 0 unspecified atom stereocenters. The van der Waals surface area contributed by atoms with Gasteiger partial charge in [-0.2, -0.15) is 0 Å². The largest absolute Gasteiger partial charge is 0.374 e. The third-order valence-corrected chi connectivity index (χ3v) is 5.31. The van der Waals surface area contributed by atoms with Crippen LogP contribution in [-0.4, -0.2) is 25.8 Å². The average molecular weight is 299 g/mol. The monoisotopic (exact) mass is 299 g/mol. The zero-order valence-corrected chi connectivity index (χ0v) is 13.1. The van der Waals surface area contributed by atoms with Gasteiger partial charge in [-0.05, 0) is 24.1 Å². The van der Waals surface area contributed by atoms with E-state index in [2.05, 4.69) is 66.8 Å². The van der Waals surface area contributed by atoms with Crippen molar-refractivity contribution in [3.05, 3.63) is 65.7 Å². The van der Waals surface area contributed by atoms with Gasteiger partial charge < -0.3 is 10.1 Å². The summed E-state index contributed by atoms with van der Waals surface area (Å²) in [6.45, 7) is 4.83. The minimum Gasteiger partial charge on any atom is -0.374 e. The van der Waals surface area contributed by atoms with Crippen LogP contribution >= 0.6 is 11.8 Å². The standard InChI is InChI=1S/C18H21NOS/c1-14-7-5-6-10-17(14)21-18(15-8-3-2-4-9-15)16-13-19-11-12-20-16/h2-10,16,18-19H,11-13H2,1H3/t16-,18-/m1/s1. The molecule has 0 amide bonds. The molecule has 0 aliphatic carbocycles. The van der Waals surface area contributed by atoms with Crippen LogP contribution in [0.25, 0.3) is 0 Å². The van der Waals surface area contributed by atoms with Gasteiger partial charge in [0, 0.05) is 18.0 Å². The molecular formula is C18H21NOS. The normalized spacial score (nSPS) is 20.1. The van der Waals surface area contributed by atoms with Crippen LogP contribution in [0.4, 0.5) is 0 Å². The molecule has 2 nitrogen and oxygen atoms in total. The highest BCUT2D eigenvalue weighted by Gasteiger charge is 2.27. The fraction of sp³-hybridized carbons (Fsp3) is 0.333. The molecule has 2 aromatic carbocycles. The molecule has 3 rings (SSSR count). The van der Waals surface area contributed by atoms with Gasteiger partial charge in [-0.3, -0.25) is 0 Å².